The molecule has 0 aliphatic carbocycles. The van der Waals surface area contributed by atoms with Gasteiger partial charge >= 0.3 is 5.97 Å². The summed E-state index contributed by atoms with van der Waals surface area (Å²) in [6.07, 6.45) is 0. The molecule has 0 fully saturated rings. The Morgan fingerprint density at radius 2 is 1.61 bits per heavy atom. The van der Waals surface area contributed by atoms with Gasteiger partial charge in [-0.2, -0.15) is 0 Å². The van der Waals surface area contributed by atoms with Crippen LogP contribution in [0.3, 0.4) is 0 Å². The predicted octanol–water partition coefficient (Wildman–Crippen LogP) is 3.52. The molecule has 0 spiro atoms. The van der Waals surface area contributed by atoms with Gasteiger partial charge in [0.15, 0.2) is 17.3 Å². The van der Waals surface area contributed by atoms with Crippen molar-refractivity contribution in [1.29, 1.82) is 0 Å². The Kier molecular flexibility index (Phi) is 5.36. The van der Waals surface area contributed by atoms with E-state index in [4.69, 9.17) is 14.2 Å². The van der Waals surface area contributed by atoms with Gasteiger partial charge in [0, 0.05) is 5.56 Å². The molecule has 0 aromatic heterocycles. The molecule has 0 heterocycles. The number of ether oxygens (including phenoxy) is 3. The van der Waals surface area contributed by atoms with E-state index in [0.717, 1.165) is 0 Å². The minimum Gasteiger partial charge on any atom is -0.493 e. The Balaban J connectivity index is 2.15. The monoisotopic (exact) mass is 314 g/mol. The number of carbonyl (C=O) groups is 2. The fourth-order valence-electron chi connectivity index (χ4n) is 1.99. The van der Waals surface area contributed by atoms with Gasteiger partial charge in [0.2, 0.25) is 0 Å². The number of esters is 1. The van der Waals surface area contributed by atoms with Gasteiger partial charge in [0.05, 0.1) is 19.3 Å². The van der Waals surface area contributed by atoms with Crippen LogP contribution in [0.5, 0.6) is 17.2 Å². The van der Waals surface area contributed by atoms with E-state index in [1.54, 1.807) is 42.5 Å². The lowest BCUT2D eigenvalue weighted by molar-refractivity contribution is 0.0734. The molecule has 0 aliphatic rings. The zero-order valence-electron chi connectivity index (χ0n) is 13.3. The van der Waals surface area contributed by atoms with Gasteiger partial charge in [0.25, 0.3) is 0 Å². The van der Waals surface area contributed by atoms with Crippen molar-refractivity contribution < 1.29 is 23.8 Å². The molecule has 5 heteroatoms. The number of Topliss-reactive ketones (excluding diaryl/α,β-unsaturated/α-hetero) is 1. The SMILES string of the molecule is CCOc1ccc(C(=O)Oc2ccc(C(C)=O)cc2)cc1OC. The van der Waals surface area contributed by atoms with Crippen molar-refractivity contribution in [2.45, 2.75) is 13.8 Å². The number of ketones is 1. The number of methoxy groups -OCH3 is 1. The highest BCUT2D eigenvalue weighted by Gasteiger charge is 2.13. The van der Waals surface area contributed by atoms with Gasteiger partial charge in [-0.05, 0) is 56.3 Å². The first-order valence-corrected chi connectivity index (χ1v) is 7.19. The van der Waals surface area contributed by atoms with Gasteiger partial charge < -0.3 is 14.2 Å². The molecule has 0 atom stereocenters. The van der Waals surface area contributed by atoms with Crippen LogP contribution in [-0.4, -0.2) is 25.5 Å². The van der Waals surface area contributed by atoms with Gasteiger partial charge in [-0.15, -0.1) is 0 Å². The summed E-state index contributed by atoms with van der Waals surface area (Å²) in [5.41, 5.74) is 0.911. The molecule has 0 radical (unpaired) electrons. The molecule has 2 aromatic rings. The second kappa shape index (κ2) is 7.45. The average molecular weight is 314 g/mol. The van der Waals surface area contributed by atoms with Crippen LogP contribution in [0, 0.1) is 0 Å². The molecule has 0 saturated heterocycles. The quantitative estimate of drug-likeness (QED) is 0.464. The largest absolute Gasteiger partial charge is 0.493 e. The third kappa shape index (κ3) is 4.10. The number of rotatable bonds is 6. The number of hydrogen-bond acceptors (Lipinski definition) is 5. The van der Waals surface area contributed by atoms with Crippen molar-refractivity contribution in [3.63, 3.8) is 0 Å². The molecule has 2 aromatic carbocycles. The Morgan fingerprint density at radius 1 is 0.957 bits per heavy atom. The predicted molar refractivity (Wildman–Crippen MR) is 85.6 cm³/mol. The van der Waals surface area contributed by atoms with Crippen molar-refractivity contribution in [2.75, 3.05) is 13.7 Å². The molecule has 2 rings (SSSR count). The first kappa shape index (κ1) is 16.5. The fourth-order valence-corrected chi connectivity index (χ4v) is 1.99. The van der Waals surface area contributed by atoms with E-state index >= 15 is 0 Å². The molecule has 0 unspecified atom stereocenters. The molecule has 23 heavy (non-hydrogen) atoms. The molecule has 0 bridgehead atoms. The molecule has 120 valence electrons. The first-order valence-electron chi connectivity index (χ1n) is 7.19. The Hall–Kier alpha value is -2.82. The highest BCUT2D eigenvalue weighted by Crippen LogP contribution is 2.28. The van der Waals surface area contributed by atoms with E-state index in [0.29, 0.717) is 35.0 Å². The summed E-state index contributed by atoms with van der Waals surface area (Å²) in [7, 11) is 1.51. The van der Waals surface area contributed by atoms with Gasteiger partial charge in [0.1, 0.15) is 5.75 Å². The summed E-state index contributed by atoms with van der Waals surface area (Å²) >= 11 is 0. The van der Waals surface area contributed by atoms with Crippen molar-refractivity contribution >= 4 is 11.8 Å². The van der Waals surface area contributed by atoms with Crippen LogP contribution in [-0.2, 0) is 0 Å². The molecule has 5 nitrogen and oxygen atoms in total. The van der Waals surface area contributed by atoms with E-state index in [9.17, 15) is 9.59 Å². The van der Waals surface area contributed by atoms with Crippen LogP contribution >= 0.6 is 0 Å². The number of benzene rings is 2. The maximum Gasteiger partial charge on any atom is 0.343 e. The zero-order valence-corrected chi connectivity index (χ0v) is 13.3. The first-order chi connectivity index (χ1) is 11.0. The molecular formula is C18H18O5. The van der Waals surface area contributed by atoms with Gasteiger partial charge in [-0.25, -0.2) is 4.79 Å². The molecular weight excluding hydrogens is 296 g/mol. The van der Waals surface area contributed by atoms with E-state index in [-0.39, 0.29) is 5.78 Å². The third-order valence-electron chi connectivity index (χ3n) is 3.17. The van der Waals surface area contributed by atoms with Crippen molar-refractivity contribution in [3.05, 3.63) is 53.6 Å². The number of hydrogen-bond donors (Lipinski definition) is 0. The maximum atomic E-state index is 12.2. The van der Waals surface area contributed by atoms with Crippen molar-refractivity contribution in [2.24, 2.45) is 0 Å². The van der Waals surface area contributed by atoms with E-state index in [2.05, 4.69) is 0 Å². The second-order valence-electron chi connectivity index (χ2n) is 4.77. The molecule has 0 saturated carbocycles. The van der Waals surface area contributed by atoms with Crippen LogP contribution in [0.4, 0.5) is 0 Å². The van der Waals surface area contributed by atoms with E-state index < -0.39 is 5.97 Å². The summed E-state index contributed by atoms with van der Waals surface area (Å²) in [5.74, 6) is 0.847. The minimum absolute atomic E-state index is 0.0425. The highest BCUT2D eigenvalue weighted by molar-refractivity contribution is 5.94. The van der Waals surface area contributed by atoms with E-state index in [1.807, 2.05) is 6.92 Å². The van der Waals surface area contributed by atoms with Gasteiger partial charge in [-0.1, -0.05) is 0 Å². The van der Waals surface area contributed by atoms with Crippen LogP contribution in [0.15, 0.2) is 42.5 Å². The van der Waals surface area contributed by atoms with Crippen molar-refractivity contribution in [3.8, 4) is 17.2 Å². The van der Waals surface area contributed by atoms with Crippen LogP contribution < -0.4 is 14.2 Å². The van der Waals surface area contributed by atoms with Crippen LogP contribution in [0.25, 0.3) is 0 Å². The Morgan fingerprint density at radius 3 is 2.17 bits per heavy atom. The summed E-state index contributed by atoms with van der Waals surface area (Å²) < 4.78 is 15.9. The third-order valence-corrected chi connectivity index (χ3v) is 3.17. The lowest BCUT2D eigenvalue weighted by Crippen LogP contribution is -2.09. The summed E-state index contributed by atoms with van der Waals surface area (Å²) in [6.45, 7) is 3.85. The summed E-state index contributed by atoms with van der Waals surface area (Å²) in [4.78, 5) is 23.4. The zero-order chi connectivity index (χ0) is 16.8. The minimum atomic E-state index is -0.512. The molecule has 0 aliphatic heterocycles. The smallest absolute Gasteiger partial charge is 0.343 e. The number of carbonyl (C=O) groups excluding carboxylic acids is 2. The van der Waals surface area contributed by atoms with Crippen LogP contribution in [0.2, 0.25) is 0 Å². The Bertz CT molecular complexity index is 704. The summed E-state index contributed by atoms with van der Waals surface area (Å²) in [5, 5.41) is 0. The average Bonchev–Trinajstić information content (AvgIpc) is 2.55. The molecule has 0 N–H and O–H groups in total. The van der Waals surface area contributed by atoms with E-state index in [1.165, 1.54) is 14.0 Å². The lowest BCUT2D eigenvalue weighted by atomic mass is 10.1. The second-order valence-corrected chi connectivity index (χ2v) is 4.77. The summed E-state index contributed by atoms with van der Waals surface area (Å²) in [6, 6.07) is 11.2. The standard InChI is InChI=1S/C18H18O5/c1-4-22-16-10-7-14(11-17(16)21-3)18(20)23-15-8-5-13(6-9-15)12(2)19/h5-11H,4H2,1-3H3. The lowest BCUT2D eigenvalue weighted by Gasteiger charge is -2.11. The van der Waals surface area contributed by atoms with Crippen molar-refractivity contribution in [1.82, 2.24) is 0 Å². The van der Waals surface area contributed by atoms with Crippen LogP contribution in [0.1, 0.15) is 34.6 Å². The normalized spacial score (nSPS) is 10.0. The molecule has 0 amide bonds. The Labute approximate surface area is 134 Å². The maximum absolute atomic E-state index is 12.2. The fraction of sp³-hybridized carbons (Fsp3) is 0.222. The topological polar surface area (TPSA) is 61.8 Å². The highest BCUT2D eigenvalue weighted by atomic mass is 16.5. The van der Waals surface area contributed by atoms with Gasteiger partial charge in [-0.3, -0.25) is 4.79 Å².